The van der Waals surface area contributed by atoms with Crippen molar-refractivity contribution in [1.82, 2.24) is 15.3 Å². The van der Waals surface area contributed by atoms with E-state index in [1.54, 1.807) is 39.1 Å². The lowest BCUT2D eigenvalue weighted by molar-refractivity contribution is 0.0518. The number of hydrogen-bond acceptors (Lipinski definition) is 6. The van der Waals surface area contributed by atoms with Crippen LogP contribution in [0.15, 0.2) is 22.8 Å². The molecule has 0 fully saturated rings. The molecule has 0 spiro atoms. The third-order valence-electron chi connectivity index (χ3n) is 3.31. The second-order valence-corrected chi connectivity index (χ2v) is 7.33. The number of aliphatic hydroxyl groups is 1. The Labute approximate surface area is 154 Å². The van der Waals surface area contributed by atoms with Gasteiger partial charge in [-0.15, -0.1) is 0 Å². The van der Waals surface area contributed by atoms with Crippen LogP contribution >= 0.6 is 15.9 Å². The number of nitrogens with zero attached hydrogens (tertiary/aromatic N) is 2. The van der Waals surface area contributed by atoms with Crippen LogP contribution in [0.1, 0.15) is 38.9 Å². The van der Waals surface area contributed by atoms with E-state index in [4.69, 9.17) is 9.47 Å². The van der Waals surface area contributed by atoms with Crippen LogP contribution in [0.5, 0.6) is 5.88 Å². The number of aromatic nitrogens is 2. The zero-order valence-corrected chi connectivity index (χ0v) is 16.3. The van der Waals surface area contributed by atoms with E-state index in [1.165, 1.54) is 7.11 Å². The van der Waals surface area contributed by atoms with Gasteiger partial charge < -0.3 is 19.9 Å². The molecule has 2 aromatic heterocycles. The maximum atomic E-state index is 11.7. The van der Waals surface area contributed by atoms with Crippen molar-refractivity contribution in [1.29, 1.82) is 0 Å². The minimum atomic E-state index is -0.839. The van der Waals surface area contributed by atoms with Gasteiger partial charge in [-0.3, -0.25) is 4.98 Å². The number of amides is 1. The summed E-state index contributed by atoms with van der Waals surface area (Å²) in [5.41, 5.74) is 1.25. The van der Waals surface area contributed by atoms with Crippen molar-refractivity contribution in [2.75, 3.05) is 13.7 Å². The quantitative estimate of drug-likeness (QED) is 0.783. The summed E-state index contributed by atoms with van der Waals surface area (Å²) in [5.74, 6) is 0.438. The number of carbonyl (C=O) groups excluding carboxylic acids is 1. The van der Waals surface area contributed by atoms with Crippen molar-refractivity contribution in [2.45, 2.75) is 38.9 Å². The van der Waals surface area contributed by atoms with Gasteiger partial charge in [-0.1, -0.05) is 0 Å². The Hall–Kier alpha value is -1.93. The first-order valence-corrected chi connectivity index (χ1v) is 8.64. The summed E-state index contributed by atoms with van der Waals surface area (Å²) in [7, 11) is 1.53. The van der Waals surface area contributed by atoms with Crippen LogP contribution in [0.3, 0.4) is 0 Å². The molecule has 0 saturated heterocycles. The lowest BCUT2D eigenvalue weighted by Crippen LogP contribution is -2.33. The second kappa shape index (κ2) is 7.97. The SMILES string of the molecule is COc1ccc2ncc(Br)c(C(O)CCNC(=O)OC(C)(C)C)c2n1. The van der Waals surface area contributed by atoms with E-state index in [2.05, 4.69) is 31.2 Å². The standard InChI is InChI=1S/C17H22BrN3O4/c1-17(2,3)25-16(23)19-8-7-12(22)14-10(18)9-20-11-5-6-13(24-4)21-15(11)14/h5-6,9,12,22H,7-8H2,1-4H3,(H,19,23). The molecule has 8 heteroatoms. The Morgan fingerprint density at radius 1 is 1.40 bits per heavy atom. The average molecular weight is 412 g/mol. The van der Waals surface area contributed by atoms with Crippen LogP contribution in [-0.4, -0.2) is 40.4 Å². The zero-order valence-electron chi connectivity index (χ0n) is 14.7. The molecule has 0 saturated carbocycles. The van der Waals surface area contributed by atoms with Gasteiger partial charge in [0.05, 0.1) is 24.2 Å². The smallest absolute Gasteiger partial charge is 0.407 e. The molecule has 2 aromatic rings. The highest BCUT2D eigenvalue weighted by Gasteiger charge is 2.19. The molecule has 0 aromatic carbocycles. The third-order valence-corrected chi connectivity index (χ3v) is 3.94. The molecule has 0 aliphatic rings. The minimum absolute atomic E-state index is 0.260. The summed E-state index contributed by atoms with van der Waals surface area (Å²) in [6.45, 7) is 5.64. The predicted molar refractivity (Wildman–Crippen MR) is 97.6 cm³/mol. The summed E-state index contributed by atoms with van der Waals surface area (Å²) in [4.78, 5) is 20.3. The van der Waals surface area contributed by atoms with E-state index in [0.717, 1.165) is 0 Å². The molecule has 0 bridgehead atoms. The highest BCUT2D eigenvalue weighted by atomic mass is 79.9. The summed E-state index contributed by atoms with van der Waals surface area (Å²) in [6.07, 6.45) is 0.569. The molecule has 136 valence electrons. The summed E-state index contributed by atoms with van der Waals surface area (Å²) in [5, 5.41) is 13.2. The highest BCUT2D eigenvalue weighted by Crippen LogP contribution is 2.31. The van der Waals surface area contributed by atoms with Crippen LogP contribution in [0.2, 0.25) is 0 Å². The van der Waals surface area contributed by atoms with E-state index < -0.39 is 17.8 Å². The van der Waals surface area contributed by atoms with E-state index in [0.29, 0.717) is 33.4 Å². The Balaban J connectivity index is 2.12. The molecule has 0 aliphatic heterocycles. The van der Waals surface area contributed by atoms with Crippen molar-refractivity contribution in [3.05, 3.63) is 28.4 Å². The van der Waals surface area contributed by atoms with Crippen LogP contribution in [0, 0.1) is 0 Å². The van der Waals surface area contributed by atoms with Gasteiger partial charge in [-0.25, -0.2) is 9.78 Å². The second-order valence-electron chi connectivity index (χ2n) is 6.47. The molecule has 0 radical (unpaired) electrons. The van der Waals surface area contributed by atoms with Crippen molar-refractivity contribution < 1.29 is 19.4 Å². The Morgan fingerprint density at radius 3 is 2.76 bits per heavy atom. The highest BCUT2D eigenvalue weighted by molar-refractivity contribution is 9.10. The van der Waals surface area contributed by atoms with Crippen LogP contribution < -0.4 is 10.1 Å². The maximum absolute atomic E-state index is 11.7. The summed E-state index contributed by atoms with van der Waals surface area (Å²) >= 11 is 3.41. The number of alkyl carbamates (subject to hydrolysis) is 1. The largest absolute Gasteiger partial charge is 0.481 e. The summed E-state index contributed by atoms with van der Waals surface area (Å²) in [6, 6.07) is 3.49. The molecule has 2 rings (SSSR count). The lowest BCUT2D eigenvalue weighted by atomic mass is 10.1. The number of rotatable bonds is 5. The molecular weight excluding hydrogens is 390 g/mol. The Kier molecular flexibility index (Phi) is 6.18. The van der Waals surface area contributed by atoms with E-state index in [1.807, 2.05) is 0 Å². The molecule has 2 N–H and O–H groups in total. The van der Waals surface area contributed by atoms with Gasteiger partial charge in [0.15, 0.2) is 0 Å². The maximum Gasteiger partial charge on any atom is 0.407 e. The Morgan fingerprint density at radius 2 is 2.12 bits per heavy atom. The van der Waals surface area contributed by atoms with Gasteiger partial charge in [0.1, 0.15) is 5.60 Å². The van der Waals surface area contributed by atoms with Crippen molar-refractivity contribution in [3.63, 3.8) is 0 Å². The van der Waals surface area contributed by atoms with Crippen LogP contribution in [0.25, 0.3) is 11.0 Å². The molecule has 1 amide bonds. The topological polar surface area (TPSA) is 93.6 Å². The zero-order chi connectivity index (χ0) is 18.6. The first-order valence-electron chi connectivity index (χ1n) is 7.85. The lowest BCUT2D eigenvalue weighted by Gasteiger charge is -2.20. The van der Waals surface area contributed by atoms with E-state index >= 15 is 0 Å². The fourth-order valence-corrected chi connectivity index (χ4v) is 2.80. The monoisotopic (exact) mass is 411 g/mol. The van der Waals surface area contributed by atoms with Crippen molar-refractivity contribution >= 4 is 33.1 Å². The van der Waals surface area contributed by atoms with E-state index in [-0.39, 0.29) is 6.54 Å². The van der Waals surface area contributed by atoms with Gasteiger partial charge >= 0.3 is 6.09 Å². The number of aliphatic hydroxyl groups excluding tert-OH is 1. The molecule has 25 heavy (non-hydrogen) atoms. The third kappa shape index (κ3) is 5.27. The van der Waals surface area contributed by atoms with E-state index in [9.17, 15) is 9.90 Å². The summed E-state index contributed by atoms with van der Waals surface area (Å²) < 4.78 is 11.0. The number of halogens is 1. The molecule has 2 heterocycles. The van der Waals surface area contributed by atoms with Crippen molar-refractivity contribution in [3.8, 4) is 5.88 Å². The number of pyridine rings is 2. The number of hydrogen-bond donors (Lipinski definition) is 2. The van der Waals surface area contributed by atoms with Gasteiger partial charge in [0, 0.05) is 28.8 Å². The van der Waals surface area contributed by atoms with Gasteiger partial charge in [0.25, 0.3) is 0 Å². The van der Waals surface area contributed by atoms with Crippen LogP contribution in [0.4, 0.5) is 4.79 Å². The molecular formula is C17H22BrN3O4. The Bertz CT molecular complexity index is 761. The molecule has 1 atom stereocenters. The molecule has 7 nitrogen and oxygen atoms in total. The van der Waals surface area contributed by atoms with Gasteiger partial charge in [-0.05, 0) is 49.2 Å². The number of nitrogens with one attached hydrogen (secondary N) is 1. The first kappa shape index (κ1) is 19.4. The average Bonchev–Trinajstić information content (AvgIpc) is 2.52. The predicted octanol–water partition coefficient (Wildman–Crippen LogP) is 3.35. The van der Waals surface area contributed by atoms with Crippen LogP contribution in [-0.2, 0) is 4.74 Å². The fourth-order valence-electron chi connectivity index (χ4n) is 2.25. The fraction of sp³-hybridized carbons (Fsp3) is 0.471. The van der Waals surface area contributed by atoms with Gasteiger partial charge in [0.2, 0.25) is 5.88 Å². The molecule has 1 unspecified atom stereocenters. The number of methoxy groups -OCH3 is 1. The number of fused-ring (bicyclic) bond motifs is 1. The molecule has 0 aliphatic carbocycles. The number of carbonyl (C=O) groups is 1. The van der Waals surface area contributed by atoms with Gasteiger partial charge in [-0.2, -0.15) is 0 Å². The normalized spacial score (nSPS) is 12.7. The van der Waals surface area contributed by atoms with Crippen molar-refractivity contribution in [2.24, 2.45) is 0 Å². The first-order chi connectivity index (χ1) is 11.7. The minimum Gasteiger partial charge on any atom is -0.481 e. The number of ether oxygens (including phenoxy) is 2.